The second-order valence-electron chi connectivity index (χ2n) is 9.25. The average molecular weight is 462 g/mol. The van der Waals surface area contributed by atoms with Crippen molar-refractivity contribution in [2.45, 2.75) is 45.3 Å². The number of nitrogens with one attached hydrogen (secondary N) is 2. The van der Waals surface area contributed by atoms with Crippen LogP contribution in [0.5, 0.6) is 11.6 Å². The molecule has 1 unspecified atom stereocenters. The average Bonchev–Trinajstić information content (AvgIpc) is 3.39. The maximum atomic E-state index is 12.4. The summed E-state index contributed by atoms with van der Waals surface area (Å²) < 4.78 is 12.1. The minimum Gasteiger partial charge on any atom is -0.489 e. The zero-order chi connectivity index (χ0) is 23.5. The molecule has 0 spiro atoms. The van der Waals surface area contributed by atoms with E-state index in [1.54, 1.807) is 6.20 Å². The molecule has 8 nitrogen and oxygen atoms in total. The molecule has 2 N–H and O–H groups in total. The highest BCUT2D eigenvalue weighted by Crippen LogP contribution is 2.30. The summed E-state index contributed by atoms with van der Waals surface area (Å²) in [4.78, 5) is 19.1. The summed E-state index contributed by atoms with van der Waals surface area (Å²) in [5.74, 6) is 2.11. The molecule has 1 aromatic carbocycles. The molecule has 2 fully saturated rings. The van der Waals surface area contributed by atoms with Crippen LogP contribution in [0.1, 0.15) is 53.8 Å². The zero-order valence-electron chi connectivity index (χ0n) is 19.7. The fourth-order valence-electron chi connectivity index (χ4n) is 4.19. The number of aryl methyl sites for hydroxylation is 1. The van der Waals surface area contributed by atoms with E-state index in [2.05, 4.69) is 25.4 Å². The van der Waals surface area contributed by atoms with Crippen molar-refractivity contribution in [2.24, 2.45) is 5.92 Å². The van der Waals surface area contributed by atoms with E-state index in [0.717, 1.165) is 48.8 Å². The fourth-order valence-corrected chi connectivity index (χ4v) is 4.19. The van der Waals surface area contributed by atoms with Crippen molar-refractivity contribution >= 4 is 11.6 Å². The molecule has 0 bridgehead atoms. The third-order valence-electron chi connectivity index (χ3n) is 6.50. The van der Waals surface area contributed by atoms with Gasteiger partial charge in [0.25, 0.3) is 5.91 Å². The van der Waals surface area contributed by atoms with Crippen molar-refractivity contribution in [1.29, 1.82) is 0 Å². The summed E-state index contributed by atoms with van der Waals surface area (Å²) in [5.41, 5.74) is 3.46. The first-order chi connectivity index (χ1) is 16.5. The molecule has 5 rings (SSSR count). The van der Waals surface area contributed by atoms with Gasteiger partial charge in [0.05, 0.1) is 31.0 Å². The van der Waals surface area contributed by atoms with Crippen LogP contribution in [0.4, 0.5) is 5.69 Å². The van der Waals surface area contributed by atoms with E-state index in [4.69, 9.17) is 9.47 Å². The van der Waals surface area contributed by atoms with Crippen molar-refractivity contribution < 1.29 is 14.3 Å². The monoisotopic (exact) mass is 461 g/mol. The van der Waals surface area contributed by atoms with Gasteiger partial charge in [-0.3, -0.25) is 9.89 Å². The summed E-state index contributed by atoms with van der Waals surface area (Å²) in [6, 6.07) is 11.9. The van der Waals surface area contributed by atoms with Gasteiger partial charge in [-0.2, -0.15) is 5.10 Å². The first-order valence-electron chi connectivity index (χ1n) is 12.0. The normalized spacial score (nSPS) is 18.5. The lowest BCUT2D eigenvalue weighted by Crippen LogP contribution is -2.27. The number of hydrogen-bond donors (Lipinski definition) is 2. The predicted octanol–water partition coefficient (Wildman–Crippen LogP) is 4.05. The Morgan fingerprint density at radius 3 is 2.79 bits per heavy atom. The van der Waals surface area contributed by atoms with E-state index < -0.39 is 0 Å². The SMILES string of the molecule is Cc1[nH]ncc1C(=O)N[C@@H](C)c1ccc(OC2CCN(c3ccnc(OCC4CC4)c3)C2)cc1. The lowest BCUT2D eigenvalue weighted by molar-refractivity contribution is 0.0939. The number of amides is 1. The fraction of sp³-hybridized carbons (Fsp3) is 0.423. The van der Waals surface area contributed by atoms with E-state index in [1.165, 1.54) is 12.8 Å². The van der Waals surface area contributed by atoms with Crippen LogP contribution < -0.4 is 19.7 Å². The maximum absolute atomic E-state index is 12.4. The van der Waals surface area contributed by atoms with Crippen LogP contribution in [0.2, 0.25) is 0 Å². The van der Waals surface area contributed by atoms with E-state index in [0.29, 0.717) is 17.4 Å². The Morgan fingerprint density at radius 1 is 1.24 bits per heavy atom. The predicted molar refractivity (Wildman–Crippen MR) is 129 cm³/mol. The Morgan fingerprint density at radius 2 is 2.06 bits per heavy atom. The van der Waals surface area contributed by atoms with E-state index >= 15 is 0 Å². The van der Waals surface area contributed by atoms with Gasteiger partial charge in [0.1, 0.15) is 11.9 Å². The van der Waals surface area contributed by atoms with E-state index in [9.17, 15) is 4.79 Å². The van der Waals surface area contributed by atoms with Gasteiger partial charge in [-0.15, -0.1) is 0 Å². The van der Waals surface area contributed by atoms with E-state index in [1.807, 2.05) is 56.4 Å². The Kier molecular flexibility index (Phi) is 6.38. The number of H-pyrrole nitrogens is 1. The van der Waals surface area contributed by atoms with Crippen LogP contribution >= 0.6 is 0 Å². The third kappa shape index (κ3) is 5.32. The molecule has 1 aliphatic carbocycles. The second kappa shape index (κ2) is 9.75. The van der Waals surface area contributed by atoms with Gasteiger partial charge in [-0.1, -0.05) is 12.1 Å². The minimum absolute atomic E-state index is 0.121. The van der Waals surface area contributed by atoms with E-state index in [-0.39, 0.29) is 18.1 Å². The van der Waals surface area contributed by atoms with Gasteiger partial charge in [0.2, 0.25) is 5.88 Å². The standard InChI is InChI=1S/C26H31N5O3/c1-17(29-26(32)24-14-28-30-18(24)2)20-5-7-22(8-6-20)34-23-10-12-31(15-23)21-9-11-27-25(13-21)33-16-19-3-4-19/h5-9,11,13-14,17,19,23H,3-4,10,12,15-16H2,1-2H3,(H,28,30)(H,29,32)/t17-,23?/m0/s1. The van der Waals surface area contributed by atoms with Crippen molar-refractivity contribution in [3.63, 3.8) is 0 Å². The first kappa shape index (κ1) is 22.3. The summed E-state index contributed by atoms with van der Waals surface area (Å²) in [6.45, 7) is 6.33. The number of rotatable bonds is 9. The van der Waals surface area contributed by atoms with Crippen LogP contribution in [0.15, 0.2) is 48.8 Å². The lowest BCUT2D eigenvalue weighted by atomic mass is 10.1. The van der Waals surface area contributed by atoms with Crippen LogP contribution in [0.3, 0.4) is 0 Å². The number of ether oxygens (including phenoxy) is 2. The molecule has 1 amide bonds. The van der Waals surface area contributed by atoms with Crippen molar-refractivity contribution in [1.82, 2.24) is 20.5 Å². The van der Waals surface area contributed by atoms with Crippen LogP contribution in [0.25, 0.3) is 0 Å². The lowest BCUT2D eigenvalue weighted by Gasteiger charge is -2.20. The van der Waals surface area contributed by atoms with Gasteiger partial charge >= 0.3 is 0 Å². The van der Waals surface area contributed by atoms with Crippen LogP contribution in [-0.4, -0.2) is 46.9 Å². The first-order valence-corrected chi connectivity index (χ1v) is 12.0. The molecule has 1 saturated carbocycles. The highest BCUT2D eigenvalue weighted by atomic mass is 16.5. The number of benzene rings is 1. The number of hydrogen-bond acceptors (Lipinski definition) is 6. The molecule has 1 aliphatic heterocycles. The molecule has 2 aliphatic rings. The van der Waals surface area contributed by atoms with Crippen molar-refractivity contribution in [3.8, 4) is 11.6 Å². The number of carbonyl (C=O) groups excluding carboxylic acids is 1. The smallest absolute Gasteiger partial charge is 0.255 e. The summed E-state index contributed by atoms with van der Waals surface area (Å²) in [7, 11) is 0. The summed E-state index contributed by atoms with van der Waals surface area (Å²) >= 11 is 0. The number of anilines is 1. The van der Waals surface area contributed by atoms with Gasteiger partial charge in [0, 0.05) is 36.6 Å². The molecule has 1 saturated heterocycles. The van der Waals surface area contributed by atoms with Gasteiger partial charge in [-0.25, -0.2) is 4.98 Å². The number of aromatic nitrogens is 3. The zero-order valence-corrected chi connectivity index (χ0v) is 19.7. The molecular weight excluding hydrogens is 430 g/mol. The van der Waals surface area contributed by atoms with Gasteiger partial charge in [0.15, 0.2) is 0 Å². The Hall–Kier alpha value is -3.55. The third-order valence-corrected chi connectivity index (χ3v) is 6.50. The number of nitrogens with zero attached hydrogens (tertiary/aromatic N) is 3. The molecule has 8 heteroatoms. The summed E-state index contributed by atoms with van der Waals surface area (Å²) in [6.07, 6.45) is 6.98. The Labute approximate surface area is 199 Å². The Balaban J connectivity index is 1.13. The van der Waals surface area contributed by atoms with Gasteiger partial charge < -0.3 is 19.7 Å². The second-order valence-corrected chi connectivity index (χ2v) is 9.25. The Bertz CT molecular complexity index is 1130. The maximum Gasteiger partial charge on any atom is 0.255 e. The van der Waals surface area contributed by atoms with Gasteiger partial charge in [-0.05, 0) is 56.4 Å². The summed E-state index contributed by atoms with van der Waals surface area (Å²) in [5, 5.41) is 9.72. The quantitative estimate of drug-likeness (QED) is 0.499. The molecule has 3 aromatic rings. The highest BCUT2D eigenvalue weighted by molar-refractivity contribution is 5.95. The molecule has 3 heterocycles. The van der Waals surface area contributed by atoms with Crippen molar-refractivity contribution in [3.05, 3.63) is 65.6 Å². The molecule has 2 atom stereocenters. The number of pyridine rings is 1. The topological polar surface area (TPSA) is 92.4 Å². The molecule has 2 aromatic heterocycles. The minimum atomic E-state index is -0.137. The van der Waals surface area contributed by atoms with Crippen molar-refractivity contribution in [2.75, 3.05) is 24.6 Å². The highest BCUT2D eigenvalue weighted by Gasteiger charge is 2.26. The number of aromatic amines is 1. The molecule has 178 valence electrons. The molecule has 0 radical (unpaired) electrons. The van der Waals surface area contributed by atoms with Crippen LogP contribution in [-0.2, 0) is 0 Å². The molecular formula is C26H31N5O3. The molecule has 34 heavy (non-hydrogen) atoms. The number of carbonyl (C=O) groups is 1. The van der Waals surface area contributed by atoms with Crippen LogP contribution in [0, 0.1) is 12.8 Å². The largest absolute Gasteiger partial charge is 0.489 e.